The number of fused-ring (bicyclic) bond motifs is 1. The van der Waals surface area contributed by atoms with Crippen molar-refractivity contribution in [3.63, 3.8) is 0 Å². The molecule has 4 rings (SSSR count). The number of furan rings is 1. The van der Waals surface area contributed by atoms with E-state index in [0.717, 1.165) is 28.4 Å². The molecule has 0 radical (unpaired) electrons. The molecule has 3 nitrogen and oxygen atoms in total. The number of para-hydroxylation sites is 1. The summed E-state index contributed by atoms with van der Waals surface area (Å²) in [5, 5.41) is 1.18. The molecule has 0 amide bonds. The second kappa shape index (κ2) is 7.28. The van der Waals surface area contributed by atoms with Gasteiger partial charge in [-0.25, -0.2) is 0 Å². The van der Waals surface area contributed by atoms with Gasteiger partial charge < -0.3 is 0 Å². The summed E-state index contributed by atoms with van der Waals surface area (Å²) in [5.41, 5.74) is 1.98. The maximum atomic E-state index is 6.23. The SMILES string of the molecule is COc1ccc([Se]c2c(-c3ccc(OC)cc3)oc3ccccc23)cc1. The van der Waals surface area contributed by atoms with Crippen molar-refractivity contribution in [2.75, 3.05) is 14.2 Å². The normalized spacial score (nSPS) is 10.8. The molecule has 0 aliphatic carbocycles. The molecule has 4 aromatic rings. The molecule has 0 N–H and O–H groups in total. The fourth-order valence-electron chi connectivity index (χ4n) is 2.82. The van der Waals surface area contributed by atoms with Crippen molar-refractivity contribution in [3.8, 4) is 22.8 Å². The number of methoxy groups -OCH3 is 2. The molecule has 0 unspecified atom stereocenters. The fourth-order valence-corrected chi connectivity index (χ4v) is 5.00. The molecule has 1 heterocycles. The quantitative estimate of drug-likeness (QED) is 0.471. The van der Waals surface area contributed by atoms with Gasteiger partial charge in [0.2, 0.25) is 0 Å². The molecule has 0 bridgehead atoms. The van der Waals surface area contributed by atoms with Crippen LogP contribution in [0.3, 0.4) is 0 Å². The maximum absolute atomic E-state index is 6.23. The molecular formula is C22H18O3Se. The van der Waals surface area contributed by atoms with E-state index in [1.807, 2.05) is 48.5 Å². The number of ether oxygens (including phenoxy) is 2. The Bertz CT molecular complexity index is 1020. The van der Waals surface area contributed by atoms with E-state index in [4.69, 9.17) is 13.9 Å². The zero-order valence-electron chi connectivity index (χ0n) is 14.6. The molecular weight excluding hydrogens is 391 g/mol. The van der Waals surface area contributed by atoms with Crippen molar-refractivity contribution in [2.45, 2.75) is 0 Å². The average Bonchev–Trinajstić information content (AvgIpc) is 3.07. The van der Waals surface area contributed by atoms with Crippen molar-refractivity contribution in [2.24, 2.45) is 0 Å². The van der Waals surface area contributed by atoms with E-state index in [-0.39, 0.29) is 15.0 Å². The van der Waals surface area contributed by atoms with E-state index in [2.05, 4.69) is 24.3 Å². The zero-order chi connectivity index (χ0) is 17.9. The minimum atomic E-state index is 0.119. The summed E-state index contributed by atoms with van der Waals surface area (Å²) in [5.74, 6) is 2.65. The van der Waals surface area contributed by atoms with Crippen LogP contribution >= 0.6 is 0 Å². The molecule has 26 heavy (non-hydrogen) atoms. The van der Waals surface area contributed by atoms with Crippen LogP contribution in [0.15, 0.2) is 77.2 Å². The third-order valence-electron chi connectivity index (χ3n) is 4.18. The van der Waals surface area contributed by atoms with Gasteiger partial charge >= 0.3 is 159 Å². The Morgan fingerprint density at radius 2 is 1.35 bits per heavy atom. The van der Waals surface area contributed by atoms with Gasteiger partial charge in [0, 0.05) is 0 Å². The number of rotatable bonds is 5. The Hall–Kier alpha value is -2.68. The van der Waals surface area contributed by atoms with E-state index < -0.39 is 0 Å². The van der Waals surface area contributed by atoms with Gasteiger partial charge in [-0.05, 0) is 0 Å². The van der Waals surface area contributed by atoms with E-state index >= 15 is 0 Å². The van der Waals surface area contributed by atoms with Crippen LogP contribution in [0, 0.1) is 0 Å². The van der Waals surface area contributed by atoms with Crippen molar-refractivity contribution in [1.29, 1.82) is 0 Å². The second-order valence-electron chi connectivity index (χ2n) is 5.76. The third kappa shape index (κ3) is 3.22. The van der Waals surface area contributed by atoms with Gasteiger partial charge in [0.25, 0.3) is 0 Å². The fraction of sp³-hybridized carbons (Fsp3) is 0.0909. The summed E-state index contributed by atoms with van der Waals surface area (Å²) in [4.78, 5) is 0. The van der Waals surface area contributed by atoms with Crippen LogP contribution in [0.5, 0.6) is 11.5 Å². The van der Waals surface area contributed by atoms with Crippen molar-refractivity contribution in [1.82, 2.24) is 0 Å². The zero-order valence-corrected chi connectivity index (χ0v) is 16.3. The van der Waals surface area contributed by atoms with E-state index in [1.165, 1.54) is 14.3 Å². The monoisotopic (exact) mass is 410 g/mol. The van der Waals surface area contributed by atoms with Gasteiger partial charge in [-0.3, -0.25) is 0 Å². The molecule has 0 saturated heterocycles. The van der Waals surface area contributed by atoms with Gasteiger partial charge in [-0.2, -0.15) is 0 Å². The summed E-state index contributed by atoms with van der Waals surface area (Å²) in [6.45, 7) is 0. The molecule has 4 heteroatoms. The van der Waals surface area contributed by atoms with Gasteiger partial charge in [0.15, 0.2) is 0 Å². The van der Waals surface area contributed by atoms with Crippen LogP contribution in [0.25, 0.3) is 22.3 Å². The Morgan fingerprint density at radius 3 is 2.00 bits per heavy atom. The van der Waals surface area contributed by atoms with E-state index in [1.54, 1.807) is 14.2 Å². The number of hydrogen-bond donors (Lipinski definition) is 0. The summed E-state index contributed by atoms with van der Waals surface area (Å²) in [6.07, 6.45) is 0. The predicted molar refractivity (Wildman–Crippen MR) is 106 cm³/mol. The standard InChI is InChI=1S/C22H18O3Se/c1-23-16-9-7-15(8-10-16)21-22(19-5-3-4-6-20(19)25-21)26-18-13-11-17(24-2)12-14-18/h3-14H,1-2H3. The molecule has 1 aromatic heterocycles. The molecule has 0 aliphatic rings. The first-order chi connectivity index (χ1) is 12.8. The van der Waals surface area contributed by atoms with Gasteiger partial charge in [0.1, 0.15) is 0 Å². The molecule has 3 aromatic carbocycles. The summed E-state index contributed by atoms with van der Waals surface area (Å²) in [7, 11) is 3.36. The Kier molecular flexibility index (Phi) is 4.70. The second-order valence-corrected chi connectivity index (χ2v) is 8.04. The van der Waals surface area contributed by atoms with Crippen molar-refractivity contribution < 1.29 is 13.9 Å². The summed E-state index contributed by atoms with van der Waals surface area (Å²) >= 11 is 0.119. The molecule has 130 valence electrons. The molecule has 0 atom stereocenters. The minimum absolute atomic E-state index is 0.119. The first kappa shape index (κ1) is 16.8. The van der Waals surface area contributed by atoms with Crippen LogP contribution in [-0.2, 0) is 0 Å². The van der Waals surface area contributed by atoms with Gasteiger partial charge in [-0.15, -0.1) is 0 Å². The van der Waals surface area contributed by atoms with E-state index in [9.17, 15) is 0 Å². The van der Waals surface area contributed by atoms with Gasteiger partial charge in [-0.1, -0.05) is 0 Å². The van der Waals surface area contributed by atoms with Gasteiger partial charge in [0.05, 0.1) is 0 Å². The molecule has 0 fully saturated rings. The summed E-state index contributed by atoms with van der Waals surface area (Å²) < 4.78 is 19.3. The van der Waals surface area contributed by atoms with Crippen LogP contribution in [0.2, 0.25) is 0 Å². The van der Waals surface area contributed by atoms with Crippen molar-refractivity contribution >= 4 is 34.8 Å². The average molecular weight is 409 g/mol. The van der Waals surface area contributed by atoms with Crippen molar-refractivity contribution in [3.05, 3.63) is 72.8 Å². The van der Waals surface area contributed by atoms with Crippen LogP contribution < -0.4 is 18.4 Å². The predicted octanol–water partition coefficient (Wildman–Crippen LogP) is 3.77. The van der Waals surface area contributed by atoms with Crippen LogP contribution in [0.1, 0.15) is 0 Å². The Labute approximate surface area is 158 Å². The third-order valence-corrected chi connectivity index (χ3v) is 6.53. The topological polar surface area (TPSA) is 31.6 Å². The Balaban J connectivity index is 1.80. The van der Waals surface area contributed by atoms with Crippen LogP contribution in [-0.4, -0.2) is 29.2 Å². The number of benzene rings is 3. The first-order valence-electron chi connectivity index (χ1n) is 8.26. The van der Waals surface area contributed by atoms with E-state index in [0.29, 0.717) is 0 Å². The number of hydrogen-bond acceptors (Lipinski definition) is 3. The molecule has 0 aliphatic heterocycles. The molecule has 0 saturated carbocycles. The molecule has 0 spiro atoms. The van der Waals surface area contributed by atoms with Crippen LogP contribution in [0.4, 0.5) is 0 Å². The Morgan fingerprint density at radius 1 is 0.731 bits per heavy atom. The summed E-state index contributed by atoms with van der Waals surface area (Å²) in [6, 6.07) is 24.5. The first-order valence-corrected chi connectivity index (χ1v) is 9.97.